The number of methoxy groups -OCH3 is 1. The molecule has 0 spiro atoms. The number of ether oxygens (including phenoxy) is 1. The quantitative estimate of drug-likeness (QED) is 0.682. The molecule has 154 valence electrons. The van der Waals surface area contributed by atoms with Crippen LogP contribution in [0.1, 0.15) is 28.8 Å². The van der Waals surface area contributed by atoms with E-state index in [1.807, 2.05) is 0 Å². The van der Waals surface area contributed by atoms with Crippen molar-refractivity contribution in [3.8, 4) is 0 Å². The zero-order chi connectivity index (χ0) is 21.0. The van der Waals surface area contributed by atoms with Gasteiger partial charge in [0.2, 0.25) is 5.91 Å². The van der Waals surface area contributed by atoms with Crippen molar-refractivity contribution in [2.45, 2.75) is 19.4 Å². The van der Waals surface area contributed by atoms with Gasteiger partial charge in [0.25, 0.3) is 0 Å². The summed E-state index contributed by atoms with van der Waals surface area (Å²) in [5.74, 6) is -1.17. The number of esters is 1. The average Bonchev–Trinajstić information content (AvgIpc) is 2.72. The summed E-state index contributed by atoms with van der Waals surface area (Å²) in [6, 6.07) is 9.24. The first-order chi connectivity index (χ1) is 13.9. The average molecular weight is 439 g/mol. The Morgan fingerprint density at radius 2 is 1.90 bits per heavy atom. The number of piperidine rings is 1. The Labute approximate surface area is 178 Å². The van der Waals surface area contributed by atoms with Crippen LogP contribution in [0.15, 0.2) is 36.4 Å². The van der Waals surface area contributed by atoms with Crippen molar-refractivity contribution in [3.05, 3.63) is 63.4 Å². The fraction of sp³-hybridized carbons (Fsp3) is 0.333. The SMILES string of the molecule is COC(=O)c1ccc(Cl)c(NC(=O)C2CCN(Cc3c(F)cccc3Cl)CC2)c1. The van der Waals surface area contributed by atoms with E-state index in [4.69, 9.17) is 27.9 Å². The molecule has 0 radical (unpaired) electrons. The van der Waals surface area contributed by atoms with E-state index in [0.717, 1.165) is 0 Å². The molecule has 2 aromatic carbocycles. The second-order valence-corrected chi connectivity index (χ2v) is 7.74. The molecule has 3 rings (SSSR count). The smallest absolute Gasteiger partial charge is 0.337 e. The number of hydrogen-bond acceptors (Lipinski definition) is 4. The molecule has 1 amide bonds. The Balaban J connectivity index is 1.59. The molecule has 1 aliphatic rings. The summed E-state index contributed by atoms with van der Waals surface area (Å²) in [6.07, 6.45) is 1.26. The first kappa shape index (κ1) is 21.6. The van der Waals surface area contributed by atoms with Crippen molar-refractivity contribution in [3.63, 3.8) is 0 Å². The second-order valence-electron chi connectivity index (χ2n) is 6.93. The lowest BCUT2D eigenvalue weighted by Gasteiger charge is -2.31. The van der Waals surface area contributed by atoms with Gasteiger partial charge in [-0.2, -0.15) is 0 Å². The van der Waals surface area contributed by atoms with Crippen molar-refractivity contribution >= 4 is 40.8 Å². The van der Waals surface area contributed by atoms with E-state index < -0.39 is 5.97 Å². The van der Waals surface area contributed by atoms with Crippen molar-refractivity contribution in [2.24, 2.45) is 5.92 Å². The number of anilines is 1. The van der Waals surface area contributed by atoms with Gasteiger partial charge in [-0.25, -0.2) is 9.18 Å². The van der Waals surface area contributed by atoms with Gasteiger partial charge in [-0.05, 0) is 56.3 Å². The molecule has 0 bridgehead atoms. The van der Waals surface area contributed by atoms with Crippen LogP contribution in [0.3, 0.4) is 0 Å². The predicted octanol–water partition coefficient (Wildman–Crippen LogP) is 4.77. The van der Waals surface area contributed by atoms with Crippen LogP contribution in [0.4, 0.5) is 10.1 Å². The third kappa shape index (κ3) is 5.26. The van der Waals surface area contributed by atoms with E-state index in [2.05, 4.69) is 10.2 Å². The number of hydrogen-bond donors (Lipinski definition) is 1. The molecule has 2 aromatic rings. The highest BCUT2D eigenvalue weighted by Gasteiger charge is 2.26. The van der Waals surface area contributed by atoms with E-state index in [1.165, 1.54) is 25.3 Å². The molecule has 0 aromatic heterocycles. The molecular weight excluding hydrogens is 418 g/mol. The fourth-order valence-electron chi connectivity index (χ4n) is 3.36. The van der Waals surface area contributed by atoms with Crippen molar-refractivity contribution in [1.29, 1.82) is 0 Å². The number of nitrogens with one attached hydrogen (secondary N) is 1. The highest BCUT2D eigenvalue weighted by atomic mass is 35.5. The van der Waals surface area contributed by atoms with Gasteiger partial charge in [-0.1, -0.05) is 29.3 Å². The summed E-state index contributed by atoms with van der Waals surface area (Å²) in [4.78, 5) is 26.4. The second kappa shape index (κ2) is 9.57. The van der Waals surface area contributed by atoms with E-state index in [1.54, 1.807) is 18.2 Å². The Bertz CT molecular complexity index is 895. The monoisotopic (exact) mass is 438 g/mol. The molecule has 1 aliphatic heterocycles. The van der Waals surface area contributed by atoms with Crippen LogP contribution in [-0.2, 0) is 16.1 Å². The largest absolute Gasteiger partial charge is 0.465 e. The van der Waals surface area contributed by atoms with E-state index in [-0.39, 0.29) is 17.6 Å². The molecule has 5 nitrogen and oxygen atoms in total. The third-order valence-electron chi connectivity index (χ3n) is 5.05. The molecular formula is C21H21Cl2FN2O3. The molecule has 1 heterocycles. The van der Waals surface area contributed by atoms with Gasteiger partial charge < -0.3 is 10.1 Å². The van der Waals surface area contributed by atoms with Crippen LogP contribution in [0.25, 0.3) is 0 Å². The number of nitrogens with zero attached hydrogens (tertiary/aromatic N) is 1. The molecule has 0 saturated carbocycles. The van der Waals surface area contributed by atoms with Crippen molar-refractivity contribution in [1.82, 2.24) is 4.90 Å². The van der Waals surface area contributed by atoms with E-state index >= 15 is 0 Å². The summed E-state index contributed by atoms with van der Waals surface area (Å²) in [6.45, 7) is 1.71. The minimum absolute atomic E-state index is 0.155. The van der Waals surface area contributed by atoms with Crippen LogP contribution in [0.2, 0.25) is 10.0 Å². The number of rotatable bonds is 5. The molecule has 1 saturated heterocycles. The maximum Gasteiger partial charge on any atom is 0.337 e. The molecule has 29 heavy (non-hydrogen) atoms. The zero-order valence-electron chi connectivity index (χ0n) is 15.9. The molecule has 8 heteroatoms. The van der Waals surface area contributed by atoms with Gasteiger partial charge >= 0.3 is 5.97 Å². The minimum Gasteiger partial charge on any atom is -0.465 e. The Morgan fingerprint density at radius 3 is 2.55 bits per heavy atom. The summed E-state index contributed by atoms with van der Waals surface area (Å²) in [7, 11) is 1.29. The standard InChI is InChI=1S/C21H21Cl2FN2O3/c1-29-21(28)14-5-6-17(23)19(11-14)25-20(27)13-7-9-26(10-8-13)12-15-16(22)3-2-4-18(15)24/h2-6,11,13H,7-10,12H2,1H3,(H,25,27). The highest BCUT2D eigenvalue weighted by molar-refractivity contribution is 6.34. The lowest BCUT2D eigenvalue weighted by atomic mass is 9.95. The topological polar surface area (TPSA) is 58.6 Å². The molecule has 1 N–H and O–H groups in total. The van der Waals surface area contributed by atoms with Crippen LogP contribution in [0.5, 0.6) is 0 Å². The van der Waals surface area contributed by atoms with Crippen LogP contribution < -0.4 is 5.32 Å². The predicted molar refractivity (Wildman–Crippen MR) is 111 cm³/mol. The Kier molecular flexibility index (Phi) is 7.11. The zero-order valence-corrected chi connectivity index (χ0v) is 17.4. The van der Waals surface area contributed by atoms with Crippen molar-refractivity contribution in [2.75, 3.05) is 25.5 Å². The van der Waals surface area contributed by atoms with E-state index in [9.17, 15) is 14.0 Å². The fourth-order valence-corrected chi connectivity index (χ4v) is 3.75. The number of halogens is 3. The highest BCUT2D eigenvalue weighted by Crippen LogP contribution is 2.27. The Morgan fingerprint density at radius 1 is 1.17 bits per heavy atom. The number of benzene rings is 2. The number of amides is 1. The summed E-state index contributed by atoms with van der Waals surface area (Å²) >= 11 is 12.2. The third-order valence-corrected chi connectivity index (χ3v) is 5.73. The number of carbonyl (C=O) groups is 2. The first-order valence-corrected chi connectivity index (χ1v) is 9.98. The van der Waals surface area contributed by atoms with Gasteiger partial charge in [0, 0.05) is 23.0 Å². The first-order valence-electron chi connectivity index (χ1n) is 9.23. The lowest BCUT2D eigenvalue weighted by molar-refractivity contribution is -0.121. The van der Waals surface area contributed by atoms with Crippen LogP contribution in [-0.4, -0.2) is 37.0 Å². The van der Waals surface area contributed by atoms with Gasteiger partial charge in [0.05, 0.1) is 23.4 Å². The molecule has 0 aliphatic carbocycles. The molecule has 1 fully saturated rings. The number of likely N-dealkylation sites (tertiary alicyclic amines) is 1. The van der Waals surface area contributed by atoms with Crippen LogP contribution in [0, 0.1) is 11.7 Å². The summed E-state index contributed by atoms with van der Waals surface area (Å²) < 4.78 is 18.7. The molecule has 0 unspecified atom stereocenters. The normalized spacial score (nSPS) is 15.2. The van der Waals surface area contributed by atoms with Crippen LogP contribution >= 0.6 is 23.2 Å². The maximum atomic E-state index is 14.0. The minimum atomic E-state index is -0.503. The van der Waals surface area contributed by atoms with Gasteiger partial charge in [0.15, 0.2) is 0 Å². The summed E-state index contributed by atoms with van der Waals surface area (Å²) in [5.41, 5.74) is 1.16. The lowest BCUT2D eigenvalue weighted by Crippen LogP contribution is -2.38. The number of carbonyl (C=O) groups excluding carboxylic acids is 2. The molecule has 0 atom stereocenters. The van der Waals surface area contributed by atoms with Gasteiger partial charge in [-0.3, -0.25) is 9.69 Å². The maximum absolute atomic E-state index is 14.0. The van der Waals surface area contributed by atoms with E-state index in [0.29, 0.717) is 59.3 Å². The van der Waals surface area contributed by atoms with Gasteiger partial charge in [-0.15, -0.1) is 0 Å². The Hall–Kier alpha value is -2.15. The van der Waals surface area contributed by atoms with Gasteiger partial charge in [0.1, 0.15) is 5.82 Å². The summed E-state index contributed by atoms with van der Waals surface area (Å²) in [5, 5.41) is 3.56. The van der Waals surface area contributed by atoms with Crippen molar-refractivity contribution < 1.29 is 18.7 Å².